The van der Waals surface area contributed by atoms with Gasteiger partial charge in [0.05, 0.1) is 0 Å². The molecule has 0 aromatic heterocycles. The maximum Gasteiger partial charge on any atom is 0.408 e. The number of aryl methyl sites for hydroxylation is 1. The smallest absolute Gasteiger partial charge is 0.408 e. The first-order valence-electron chi connectivity index (χ1n) is 14.5. The van der Waals surface area contributed by atoms with Crippen LogP contribution in [0.2, 0.25) is 0 Å². The number of benzene rings is 3. The van der Waals surface area contributed by atoms with E-state index >= 15 is 0 Å². The summed E-state index contributed by atoms with van der Waals surface area (Å²) >= 11 is 0. The molecule has 3 N–H and O–H groups in total. The van der Waals surface area contributed by atoms with Gasteiger partial charge in [-0.2, -0.15) is 0 Å². The van der Waals surface area contributed by atoms with E-state index in [4.69, 9.17) is 11.2 Å². The molecule has 224 valence electrons. The minimum atomic E-state index is -1.04. The van der Waals surface area contributed by atoms with Gasteiger partial charge in [-0.3, -0.25) is 9.59 Å². The number of phenols is 1. The van der Waals surface area contributed by atoms with Crippen LogP contribution in [0.3, 0.4) is 0 Å². The van der Waals surface area contributed by atoms with E-state index in [0.29, 0.717) is 16.8 Å². The van der Waals surface area contributed by atoms with Crippen LogP contribution in [-0.4, -0.2) is 45.6 Å². The van der Waals surface area contributed by atoms with Crippen molar-refractivity contribution in [3.05, 3.63) is 95.1 Å². The highest BCUT2D eigenvalue weighted by Crippen LogP contribution is 2.35. The standard InChI is InChI=1S/C35H39N3O5/c1-6-24-14-18-26(19-15-24)31(32(40)36-29-13-8-7-10-23(29)2)38(27-11-9-12-27)33(41)30(37-34(42)43-35(3,4)5)22-25-16-20-28(39)21-17-25/h1,7-8,10,13-21,27,30-31,39H,9,11-12,22H2,2-5H3,(H,36,40)(H,37,42). The molecule has 0 heterocycles. The molecular weight excluding hydrogens is 542 g/mol. The van der Waals surface area contributed by atoms with Gasteiger partial charge in [0.1, 0.15) is 23.4 Å². The molecular formula is C35H39N3O5. The molecule has 2 atom stereocenters. The van der Waals surface area contributed by atoms with Crippen LogP contribution >= 0.6 is 0 Å². The summed E-state index contributed by atoms with van der Waals surface area (Å²) in [5.74, 6) is 1.91. The Hall–Kier alpha value is -4.77. The summed E-state index contributed by atoms with van der Waals surface area (Å²) in [5, 5.41) is 15.6. The normalized spacial score (nSPS) is 14.4. The van der Waals surface area contributed by atoms with Crippen LogP contribution in [0.25, 0.3) is 0 Å². The van der Waals surface area contributed by atoms with E-state index in [1.54, 1.807) is 62.1 Å². The van der Waals surface area contributed by atoms with Gasteiger partial charge in [-0.05, 0) is 94.0 Å². The van der Waals surface area contributed by atoms with E-state index in [-0.39, 0.29) is 24.1 Å². The third-order valence-corrected chi connectivity index (χ3v) is 7.41. The van der Waals surface area contributed by atoms with E-state index in [0.717, 1.165) is 30.4 Å². The number of carbonyl (C=O) groups is 3. The van der Waals surface area contributed by atoms with Gasteiger partial charge in [-0.1, -0.05) is 48.4 Å². The number of nitrogens with one attached hydrogen (secondary N) is 2. The first-order valence-corrected chi connectivity index (χ1v) is 14.5. The average Bonchev–Trinajstić information content (AvgIpc) is 2.92. The van der Waals surface area contributed by atoms with Crippen LogP contribution in [-0.2, 0) is 20.7 Å². The minimum absolute atomic E-state index is 0.0891. The molecule has 0 saturated heterocycles. The Bertz CT molecular complexity index is 1480. The predicted octanol–water partition coefficient (Wildman–Crippen LogP) is 5.88. The van der Waals surface area contributed by atoms with Gasteiger partial charge in [-0.25, -0.2) is 4.79 Å². The molecule has 1 saturated carbocycles. The number of phenolic OH excluding ortho intramolecular Hbond substituents is 1. The maximum absolute atomic E-state index is 14.6. The lowest BCUT2D eigenvalue weighted by Gasteiger charge is -2.43. The number of hydrogen-bond acceptors (Lipinski definition) is 5. The molecule has 3 aromatic carbocycles. The number of rotatable bonds is 9. The van der Waals surface area contributed by atoms with Crippen LogP contribution in [0.5, 0.6) is 5.75 Å². The molecule has 0 radical (unpaired) electrons. The van der Waals surface area contributed by atoms with Crippen molar-refractivity contribution < 1.29 is 24.2 Å². The number of carbonyl (C=O) groups excluding carboxylic acids is 3. The van der Waals surface area contributed by atoms with Crippen molar-refractivity contribution in [2.75, 3.05) is 5.32 Å². The van der Waals surface area contributed by atoms with Crippen LogP contribution in [0.1, 0.15) is 68.3 Å². The van der Waals surface area contributed by atoms with Gasteiger partial charge in [0.25, 0.3) is 5.91 Å². The van der Waals surface area contributed by atoms with Gasteiger partial charge in [0.2, 0.25) is 5.91 Å². The lowest BCUT2D eigenvalue weighted by atomic mass is 9.87. The predicted molar refractivity (Wildman–Crippen MR) is 166 cm³/mol. The Labute approximate surface area is 253 Å². The Morgan fingerprint density at radius 2 is 1.67 bits per heavy atom. The Morgan fingerprint density at radius 1 is 1.02 bits per heavy atom. The quantitative estimate of drug-likeness (QED) is 0.274. The molecule has 3 amide bonds. The van der Waals surface area contributed by atoms with Gasteiger partial charge in [0.15, 0.2) is 0 Å². The van der Waals surface area contributed by atoms with Crippen molar-refractivity contribution in [1.29, 1.82) is 0 Å². The monoisotopic (exact) mass is 581 g/mol. The van der Waals surface area contributed by atoms with Crippen molar-refractivity contribution in [2.45, 2.75) is 77.1 Å². The van der Waals surface area contributed by atoms with Crippen molar-refractivity contribution in [3.8, 4) is 18.1 Å². The van der Waals surface area contributed by atoms with Gasteiger partial charge < -0.3 is 25.4 Å². The van der Waals surface area contributed by atoms with E-state index in [1.165, 1.54) is 12.1 Å². The van der Waals surface area contributed by atoms with Gasteiger partial charge in [-0.15, -0.1) is 6.42 Å². The second kappa shape index (κ2) is 13.5. The number of amides is 3. The number of anilines is 1. The Kier molecular flexibility index (Phi) is 9.77. The van der Waals surface area contributed by atoms with Crippen LogP contribution in [0, 0.1) is 19.3 Å². The fourth-order valence-corrected chi connectivity index (χ4v) is 4.99. The van der Waals surface area contributed by atoms with E-state index < -0.39 is 29.7 Å². The molecule has 1 aliphatic rings. The number of hydrogen-bond donors (Lipinski definition) is 3. The summed E-state index contributed by atoms with van der Waals surface area (Å²) in [4.78, 5) is 43.3. The zero-order valence-electron chi connectivity index (χ0n) is 25.1. The lowest BCUT2D eigenvalue weighted by Crippen LogP contribution is -2.57. The molecule has 1 aliphatic carbocycles. The molecule has 0 aliphatic heterocycles. The third-order valence-electron chi connectivity index (χ3n) is 7.41. The van der Waals surface area contributed by atoms with Crippen molar-refractivity contribution >= 4 is 23.6 Å². The molecule has 43 heavy (non-hydrogen) atoms. The van der Waals surface area contributed by atoms with Crippen LogP contribution in [0.15, 0.2) is 72.8 Å². The number of ether oxygens (including phenoxy) is 1. The van der Waals surface area contributed by atoms with Crippen LogP contribution in [0.4, 0.5) is 10.5 Å². The summed E-state index contributed by atoms with van der Waals surface area (Å²) in [7, 11) is 0. The van der Waals surface area contributed by atoms with Crippen molar-refractivity contribution in [3.63, 3.8) is 0 Å². The molecule has 3 aromatic rings. The molecule has 0 spiro atoms. The summed E-state index contributed by atoms with van der Waals surface area (Å²) in [5.41, 5.74) is 2.73. The number of alkyl carbamates (subject to hydrolysis) is 1. The summed E-state index contributed by atoms with van der Waals surface area (Å²) in [6.07, 6.45) is 7.34. The Balaban J connectivity index is 1.76. The molecule has 0 bridgehead atoms. The fourth-order valence-electron chi connectivity index (χ4n) is 4.99. The first kappa shape index (κ1) is 31.2. The fraction of sp³-hybridized carbons (Fsp3) is 0.343. The van der Waals surface area contributed by atoms with Crippen molar-refractivity contribution in [2.24, 2.45) is 0 Å². The zero-order chi connectivity index (χ0) is 31.1. The second-order valence-corrected chi connectivity index (χ2v) is 11.9. The maximum atomic E-state index is 14.6. The highest BCUT2D eigenvalue weighted by molar-refractivity contribution is 5.99. The summed E-state index contributed by atoms with van der Waals surface area (Å²) < 4.78 is 5.51. The van der Waals surface area contributed by atoms with E-state index in [1.807, 2.05) is 31.2 Å². The topological polar surface area (TPSA) is 108 Å². The lowest BCUT2D eigenvalue weighted by molar-refractivity contribution is -0.145. The van der Waals surface area contributed by atoms with E-state index in [9.17, 15) is 19.5 Å². The second-order valence-electron chi connectivity index (χ2n) is 11.9. The van der Waals surface area contributed by atoms with Crippen molar-refractivity contribution in [1.82, 2.24) is 10.2 Å². The van der Waals surface area contributed by atoms with E-state index in [2.05, 4.69) is 16.6 Å². The van der Waals surface area contributed by atoms with Gasteiger partial charge >= 0.3 is 6.09 Å². The van der Waals surface area contributed by atoms with Crippen LogP contribution < -0.4 is 10.6 Å². The number of terminal acetylenes is 1. The number of aromatic hydroxyl groups is 1. The molecule has 4 rings (SSSR count). The molecule has 8 heteroatoms. The molecule has 1 fully saturated rings. The molecule has 8 nitrogen and oxygen atoms in total. The first-order chi connectivity index (χ1) is 20.4. The SMILES string of the molecule is C#Cc1ccc(C(C(=O)Nc2ccccc2C)N(C(=O)C(Cc2ccc(O)cc2)NC(=O)OC(C)(C)C)C2CCC2)cc1. The van der Waals surface area contributed by atoms with Gasteiger partial charge in [0, 0.05) is 23.7 Å². The number of nitrogens with zero attached hydrogens (tertiary/aromatic N) is 1. The highest BCUT2D eigenvalue weighted by Gasteiger charge is 2.42. The summed E-state index contributed by atoms with van der Waals surface area (Å²) in [6, 6.07) is 18.7. The zero-order valence-corrected chi connectivity index (χ0v) is 25.1. The largest absolute Gasteiger partial charge is 0.508 e. The Morgan fingerprint density at radius 3 is 2.23 bits per heavy atom. The third kappa shape index (κ3) is 8.16. The number of para-hydroxylation sites is 1. The molecule has 2 unspecified atom stereocenters. The highest BCUT2D eigenvalue weighted by atomic mass is 16.6. The average molecular weight is 582 g/mol. The minimum Gasteiger partial charge on any atom is -0.508 e. The summed E-state index contributed by atoms with van der Waals surface area (Å²) in [6.45, 7) is 7.14.